The lowest BCUT2D eigenvalue weighted by molar-refractivity contribution is 0.414. The monoisotopic (exact) mass is 1670 g/mol. The van der Waals surface area contributed by atoms with Gasteiger partial charge in [-0.3, -0.25) is 0 Å². The molecule has 0 aromatic heterocycles. The highest BCUT2D eigenvalue weighted by Crippen LogP contribution is 2.46. The highest BCUT2D eigenvalue weighted by Gasteiger charge is 2.23. The summed E-state index contributed by atoms with van der Waals surface area (Å²) >= 11 is 0. The number of nitrogens with zero attached hydrogens (tertiary/aromatic N) is 12. The van der Waals surface area contributed by atoms with Crippen LogP contribution in [0.25, 0.3) is 0 Å². The number of hydrogen-bond donors (Lipinski definition) is 0. The van der Waals surface area contributed by atoms with Crippen molar-refractivity contribution in [2.75, 3.05) is 186 Å². The van der Waals surface area contributed by atoms with Crippen molar-refractivity contribution >= 4 is 136 Å². The van der Waals surface area contributed by atoms with Crippen LogP contribution in [0.4, 0.5) is 136 Å². The predicted octanol–water partition coefficient (Wildman–Crippen LogP) is 26.3. The maximum absolute atomic E-state index is 5.42. The Hall–Kier alpha value is -15.3. The maximum atomic E-state index is 5.42. The van der Waals surface area contributed by atoms with Gasteiger partial charge < -0.3 is 87.2 Å². The summed E-state index contributed by atoms with van der Waals surface area (Å²) in [4.78, 5) is 26.2. The molecule has 0 amide bonds. The fourth-order valence-electron chi connectivity index (χ4n) is 14.7. The average molecular weight is 1680 g/mol. The molecule has 126 heavy (non-hydrogen) atoms. The second-order valence-corrected chi connectivity index (χ2v) is 31.2. The molecule has 15 rings (SSSR count). The number of ether oxygens (including phenoxy) is 6. The highest BCUT2D eigenvalue weighted by molar-refractivity contribution is 5.87. The normalized spacial score (nSPS) is 10.6. The van der Waals surface area contributed by atoms with Gasteiger partial charge in [0.1, 0.15) is 34.5 Å². The van der Waals surface area contributed by atoms with Crippen LogP contribution >= 0.6 is 0 Å². The highest BCUT2D eigenvalue weighted by atomic mass is 16.5. The van der Waals surface area contributed by atoms with Crippen LogP contribution in [0, 0.1) is 0 Å². The van der Waals surface area contributed by atoms with Crippen molar-refractivity contribution in [1.82, 2.24) is 0 Å². The van der Waals surface area contributed by atoms with Crippen molar-refractivity contribution in [2.45, 2.75) is 0 Å². The molecule has 0 heterocycles. The first kappa shape index (κ1) is 88.5. The largest absolute Gasteiger partial charge is 0.497 e. The third-order valence-electron chi connectivity index (χ3n) is 21.8. The van der Waals surface area contributed by atoms with Crippen molar-refractivity contribution in [3.05, 3.63) is 364 Å². The lowest BCUT2D eigenvalue weighted by Crippen LogP contribution is -2.13. The van der Waals surface area contributed by atoms with Crippen molar-refractivity contribution < 1.29 is 28.4 Å². The first-order valence-electron chi connectivity index (χ1n) is 41.7. The Bertz CT molecular complexity index is 4910. The minimum Gasteiger partial charge on any atom is -0.497 e. The van der Waals surface area contributed by atoms with Crippen LogP contribution < -0.4 is 87.2 Å². The summed E-state index contributed by atoms with van der Waals surface area (Å²) in [5, 5.41) is 0. The molecule has 0 N–H and O–H groups in total. The zero-order valence-corrected chi connectivity index (χ0v) is 75.5. The average Bonchev–Trinajstić information content (AvgIpc) is 0.793. The second-order valence-electron chi connectivity index (χ2n) is 31.2. The summed E-state index contributed by atoms with van der Waals surface area (Å²) < 4.78 is 32.5. The molecule has 642 valence electrons. The molecule has 0 saturated heterocycles. The van der Waals surface area contributed by atoms with E-state index >= 15 is 0 Å². The lowest BCUT2D eigenvalue weighted by atomic mass is 10.1. The van der Waals surface area contributed by atoms with Gasteiger partial charge in [0.25, 0.3) is 0 Å². The molecule has 0 aliphatic heterocycles. The number of anilines is 24. The Labute approximate surface area is 745 Å². The molecule has 18 heteroatoms. The SMILES string of the molecule is COc1ccc(N(c2ccc(N(C)C)cc2)c2ccc(N(c3ccc(OC)cc3)c3ccc(N(C)C)cc3)cc2)cc1.COc1ccc(N(c2ccc(N(C)C)cc2)c2ccc(N(c3ccc(OC)cc3)c3ccc(N(C)C)cc3)cc2)cc1.COc1ccc(N(c2ccc(N(C)C)cc2)c2ccc(N(c3ccc(OC)cc3)c3ccc(N(C)C)cc3)cc2)cc1. The van der Waals surface area contributed by atoms with Crippen molar-refractivity contribution in [1.29, 1.82) is 0 Å². The van der Waals surface area contributed by atoms with Crippen LogP contribution in [0.3, 0.4) is 0 Å². The first-order valence-corrected chi connectivity index (χ1v) is 41.7. The van der Waals surface area contributed by atoms with E-state index in [9.17, 15) is 0 Å². The van der Waals surface area contributed by atoms with Gasteiger partial charge in [0.2, 0.25) is 0 Å². The zero-order chi connectivity index (χ0) is 88.9. The Kier molecular flexibility index (Phi) is 29.2. The molecule has 0 unspecified atom stereocenters. The summed E-state index contributed by atoms with van der Waals surface area (Å²) in [5.41, 5.74) is 26.0. The fourth-order valence-corrected chi connectivity index (χ4v) is 14.7. The summed E-state index contributed by atoms with van der Waals surface area (Å²) in [6.07, 6.45) is 0. The van der Waals surface area contributed by atoms with E-state index in [1.807, 2.05) is 72.8 Å². The smallest absolute Gasteiger partial charge is 0.119 e. The van der Waals surface area contributed by atoms with E-state index in [4.69, 9.17) is 28.4 Å². The third-order valence-corrected chi connectivity index (χ3v) is 21.8. The van der Waals surface area contributed by atoms with E-state index in [0.29, 0.717) is 0 Å². The predicted molar refractivity (Wildman–Crippen MR) is 533 cm³/mol. The first-order chi connectivity index (χ1) is 61.1. The third kappa shape index (κ3) is 21.4. The van der Waals surface area contributed by atoms with Crippen molar-refractivity contribution in [2.24, 2.45) is 0 Å². The van der Waals surface area contributed by atoms with Gasteiger partial charge in [-0.15, -0.1) is 0 Å². The minimum absolute atomic E-state index is 0.826. The van der Waals surface area contributed by atoms with E-state index in [0.717, 1.165) is 171 Å². The van der Waals surface area contributed by atoms with E-state index < -0.39 is 0 Å². The number of benzene rings is 15. The van der Waals surface area contributed by atoms with Gasteiger partial charge in [0, 0.05) is 221 Å². The Morgan fingerprint density at radius 3 is 0.230 bits per heavy atom. The van der Waals surface area contributed by atoms with Crippen LogP contribution in [0.1, 0.15) is 0 Å². The van der Waals surface area contributed by atoms with Crippen molar-refractivity contribution in [3.8, 4) is 34.5 Å². The van der Waals surface area contributed by atoms with Crippen LogP contribution in [0.15, 0.2) is 364 Å². The Balaban J connectivity index is 0.000000162. The topological polar surface area (TPSA) is 94.3 Å². The minimum atomic E-state index is 0.826. The van der Waals surface area contributed by atoms with Gasteiger partial charge in [-0.25, -0.2) is 0 Å². The van der Waals surface area contributed by atoms with Gasteiger partial charge >= 0.3 is 0 Å². The molecular weight excluding hydrogens is 1560 g/mol. The molecule has 0 atom stereocenters. The van der Waals surface area contributed by atoms with Crippen LogP contribution in [0.5, 0.6) is 34.5 Å². The molecular formula is C108H114N12O6. The van der Waals surface area contributed by atoms with Gasteiger partial charge in [-0.05, 0) is 364 Å². The van der Waals surface area contributed by atoms with Gasteiger partial charge in [0.15, 0.2) is 0 Å². The standard InChI is InChI=1S/3C36H38N4O2/c3*1-37(2)27-7-11-29(12-8-27)39(33-19-23-35(41-5)24-20-33)31-15-17-32(18-16-31)40(34-21-25-36(42-6)26-22-34)30-13-9-28(10-14-30)38(3)4/h3*7-26H,1-6H3. The lowest BCUT2D eigenvalue weighted by Gasteiger charge is -2.29. The van der Waals surface area contributed by atoms with Gasteiger partial charge in [-0.2, -0.15) is 0 Å². The maximum Gasteiger partial charge on any atom is 0.119 e. The van der Waals surface area contributed by atoms with Crippen molar-refractivity contribution in [3.63, 3.8) is 0 Å². The molecule has 0 bridgehead atoms. The second kappa shape index (κ2) is 41.5. The van der Waals surface area contributed by atoms with E-state index in [1.54, 1.807) is 42.7 Å². The molecule has 0 aliphatic carbocycles. The molecule has 0 fully saturated rings. The number of methoxy groups -OCH3 is 6. The Morgan fingerprint density at radius 2 is 0.167 bits per heavy atom. The molecule has 18 nitrogen and oxygen atoms in total. The summed E-state index contributed by atoms with van der Waals surface area (Å²) in [7, 11) is 34.8. The molecule has 15 aromatic rings. The van der Waals surface area contributed by atoms with Gasteiger partial charge in [0.05, 0.1) is 42.7 Å². The summed E-state index contributed by atoms with van der Waals surface area (Å²) in [6, 6.07) is 127. The number of hydrogen-bond acceptors (Lipinski definition) is 18. The molecule has 0 aliphatic rings. The molecule has 0 saturated carbocycles. The van der Waals surface area contributed by atoms with Gasteiger partial charge in [-0.1, -0.05) is 0 Å². The summed E-state index contributed by atoms with van der Waals surface area (Å²) in [6.45, 7) is 0. The number of rotatable bonds is 30. The van der Waals surface area contributed by atoms with Crippen LogP contribution in [-0.4, -0.2) is 127 Å². The fraction of sp³-hybridized carbons (Fsp3) is 0.167. The Morgan fingerprint density at radius 1 is 0.103 bits per heavy atom. The quantitative estimate of drug-likeness (QED) is 0.0427. The molecule has 15 aromatic carbocycles. The van der Waals surface area contributed by atoms with E-state index in [1.165, 1.54) is 0 Å². The van der Waals surface area contributed by atoms with E-state index in [2.05, 4.69) is 435 Å². The van der Waals surface area contributed by atoms with Crippen LogP contribution in [0.2, 0.25) is 0 Å². The summed E-state index contributed by atoms with van der Waals surface area (Å²) in [5.74, 6) is 4.96. The van der Waals surface area contributed by atoms with Crippen LogP contribution in [-0.2, 0) is 0 Å². The molecule has 0 radical (unpaired) electrons. The zero-order valence-electron chi connectivity index (χ0n) is 75.5. The molecule has 0 spiro atoms. The van der Waals surface area contributed by atoms with E-state index in [-0.39, 0.29) is 0 Å².